The van der Waals surface area contributed by atoms with Gasteiger partial charge in [-0.1, -0.05) is 29.3 Å². The quantitative estimate of drug-likeness (QED) is 0.180. The van der Waals surface area contributed by atoms with E-state index >= 15 is 0 Å². The van der Waals surface area contributed by atoms with Crippen LogP contribution in [0.1, 0.15) is 5.56 Å². The SMILES string of the molecule is C=CCSCOC(=Cn1ccnc1)c1ccc(Cl)cc1Cl.O=[N+]([O-])O. The summed E-state index contributed by atoms with van der Waals surface area (Å²) in [5, 5.41) is 14.8. The van der Waals surface area contributed by atoms with E-state index in [1.165, 1.54) is 0 Å². The van der Waals surface area contributed by atoms with E-state index in [0.29, 0.717) is 21.7 Å². The molecule has 1 heterocycles. The van der Waals surface area contributed by atoms with Crippen molar-refractivity contribution in [3.05, 3.63) is 75.3 Å². The first-order valence-electron chi connectivity index (χ1n) is 6.73. The Bertz CT molecular complexity index is 720. The van der Waals surface area contributed by atoms with Gasteiger partial charge in [-0.3, -0.25) is 0 Å². The molecule has 0 aliphatic heterocycles. The number of rotatable bonds is 7. The summed E-state index contributed by atoms with van der Waals surface area (Å²) in [6, 6.07) is 5.32. The van der Waals surface area contributed by atoms with Crippen LogP contribution in [0, 0.1) is 10.1 Å². The topological polar surface area (TPSA) is 90.4 Å². The standard InChI is InChI=1S/C15H14Cl2N2OS.HNO3/c1-2-7-21-11-20-15(9-19-6-5-18-10-19)13-4-3-12(16)8-14(13)17;2-1(3)4/h2-6,8-10H,1,7,11H2;(H,2,3,4). The van der Waals surface area contributed by atoms with E-state index in [0.717, 1.165) is 11.3 Å². The molecule has 1 aromatic carbocycles. The molecular formula is C15H15Cl2N3O4S. The molecule has 10 heteroatoms. The predicted molar refractivity (Wildman–Crippen MR) is 100 cm³/mol. The molecule has 25 heavy (non-hydrogen) atoms. The van der Waals surface area contributed by atoms with Crippen molar-refractivity contribution < 1.29 is 15.0 Å². The number of aromatic nitrogens is 2. The minimum absolute atomic E-state index is 0.505. The van der Waals surface area contributed by atoms with Gasteiger partial charge in [-0.25, -0.2) is 4.98 Å². The molecule has 0 aliphatic rings. The van der Waals surface area contributed by atoms with Gasteiger partial charge in [0.2, 0.25) is 0 Å². The second kappa shape index (κ2) is 11.4. The Labute approximate surface area is 158 Å². The molecule has 0 spiro atoms. The zero-order valence-corrected chi connectivity index (χ0v) is 15.2. The highest BCUT2D eigenvalue weighted by Crippen LogP contribution is 2.29. The number of benzene rings is 1. The monoisotopic (exact) mass is 403 g/mol. The Morgan fingerprint density at radius 1 is 1.52 bits per heavy atom. The minimum Gasteiger partial charge on any atom is -0.481 e. The summed E-state index contributed by atoms with van der Waals surface area (Å²) in [4.78, 5) is 12.4. The average Bonchev–Trinajstić information content (AvgIpc) is 3.03. The minimum atomic E-state index is -1.50. The zero-order valence-electron chi connectivity index (χ0n) is 12.9. The van der Waals surface area contributed by atoms with Crippen LogP contribution in [0.5, 0.6) is 0 Å². The van der Waals surface area contributed by atoms with E-state index in [2.05, 4.69) is 11.6 Å². The number of thioether (sulfide) groups is 1. The van der Waals surface area contributed by atoms with Crippen LogP contribution >= 0.6 is 35.0 Å². The molecule has 0 unspecified atom stereocenters. The van der Waals surface area contributed by atoms with Crippen molar-refractivity contribution in [1.82, 2.24) is 9.55 Å². The summed E-state index contributed by atoms with van der Waals surface area (Å²) < 4.78 is 7.63. The fourth-order valence-corrected chi connectivity index (χ4v) is 2.57. The summed E-state index contributed by atoms with van der Waals surface area (Å²) in [5.41, 5.74) is 0.786. The van der Waals surface area contributed by atoms with Crippen LogP contribution in [0.4, 0.5) is 0 Å². The van der Waals surface area contributed by atoms with Gasteiger partial charge in [0, 0.05) is 28.7 Å². The molecule has 134 valence electrons. The van der Waals surface area contributed by atoms with Crippen LogP contribution in [0.2, 0.25) is 10.0 Å². The molecule has 0 aliphatic carbocycles. The Hall–Kier alpha value is -2.16. The molecule has 0 fully saturated rings. The molecule has 1 N–H and O–H groups in total. The fourth-order valence-electron chi connectivity index (χ4n) is 1.59. The van der Waals surface area contributed by atoms with Crippen LogP contribution in [-0.4, -0.2) is 31.5 Å². The second-order valence-electron chi connectivity index (χ2n) is 4.29. The summed E-state index contributed by atoms with van der Waals surface area (Å²) >= 11 is 13.8. The molecule has 0 radical (unpaired) electrons. The van der Waals surface area contributed by atoms with Crippen LogP contribution < -0.4 is 0 Å². The van der Waals surface area contributed by atoms with Crippen molar-refractivity contribution in [2.45, 2.75) is 0 Å². The number of hydrogen-bond donors (Lipinski definition) is 1. The van der Waals surface area contributed by atoms with Crippen molar-refractivity contribution in [3.8, 4) is 0 Å². The van der Waals surface area contributed by atoms with Crippen LogP contribution in [-0.2, 0) is 4.74 Å². The molecule has 0 saturated heterocycles. The Balaban J connectivity index is 0.000000705. The maximum atomic E-state index is 8.36. The van der Waals surface area contributed by atoms with E-state index in [1.54, 1.807) is 41.0 Å². The fraction of sp³-hybridized carbons (Fsp3) is 0.133. The third-order valence-electron chi connectivity index (χ3n) is 2.52. The lowest BCUT2D eigenvalue weighted by Gasteiger charge is -2.12. The number of nitrogens with zero attached hydrogens (tertiary/aromatic N) is 3. The Kier molecular flexibility index (Phi) is 9.53. The van der Waals surface area contributed by atoms with Crippen LogP contribution in [0.25, 0.3) is 12.0 Å². The van der Waals surface area contributed by atoms with Gasteiger partial charge in [-0.2, -0.15) is 0 Å². The third kappa shape index (κ3) is 8.48. The maximum Gasteiger partial charge on any atom is 0.291 e. The van der Waals surface area contributed by atoms with Crippen molar-refractivity contribution in [3.63, 3.8) is 0 Å². The second-order valence-corrected chi connectivity index (χ2v) is 6.11. The van der Waals surface area contributed by atoms with E-state index < -0.39 is 5.09 Å². The smallest absolute Gasteiger partial charge is 0.291 e. The molecular weight excluding hydrogens is 389 g/mol. The van der Waals surface area contributed by atoms with Gasteiger partial charge >= 0.3 is 0 Å². The normalized spacial score (nSPS) is 10.6. The molecule has 0 amide bonds. The molecule has 1 aromatic heterocycles. The van der Waals surface area contributed by atoms with E-state index in [1.807, 2.05) is 24.5 Å². The van der Waals surface area contributed by atoms with Crippen molar-refractivity contribution in [2.75, 3.05) is 11.7 Å². The van der Waals surface area contributed by atoms with E-state index in [-0.39, 0.29) is 0 Å². The van der Waals surface area contributed by atoms with Gasteiger partial charge in [0.15, 0.2) is 0 Å². The first-order chi connectivity index (χ1) is 11.9. The first kappa shape index (κ1) is 20.9. The highest BCUT2D eigenvalue weighted by molar-refractivity contribution is 7.99. The molecule has 7 nitrogen and oxygen atoms in total. The lowest BCUT2D eigenvalue weighted by Crippen LogP contribution is -1.96. The van der Waals surface area contributed by atoms with Crippen LogP contribution in [0.15, 0.2) is 49.6 Å². The van der Waals surface area contributed by atoms with Crippen LogP contribution in [0.3, 0.4) is 0 Å². The van der Waals surface area contributed by atoms with Gasteiger partial charge in [0.25, 0.3) is 5.09 Å². The van der Waals surface area contributed by atoms with Gasteiger partial charge in [0.05, 0.1) is 17.5 Å². The Morgan fingerprint density at radius 2 is 2.24 bits per heavy atom. The molecule has 0 atom stereocenters. The number of halogens is 2. The molecule has 2 aromatic rings. The van der Waals surface area contributed by atoms with Gasteiger partial charge in [-0.15, -0.1) is 28.5 Å². The van der Waals surface area contributed by atoms with Gasteiger partial charge in [0.1, 0.15) is 11.7 Å². The summed E-state index contributed by atoms with van der Waals surface area (Å²) in [6.07, 6.45) is 8.87. The Morgan fingerprint density at radius 3 is 2.80 bits per heavy atom. The third-order valence-corrected chi connectivity index (χ3v) is 3.82. The van der Waals surface area contributed by atoms with E-state index in [9.17, 15) is 0 Å². The summed E-state index contributed by atoms with van der Waals surface area (Å²) in [6.45, 7) is 3.68. The van der Waals surface area contributed by atoms with Crippen molar-refractivity contribution >= 4 is 46.9 Å². The molecule has 0 saturated carbocycles. The lowest BCUT2D eigenvalue weighted by atomic mass is 10.2. The highest BCUT2D eigenvalue weighted by Gasteiger charge is 2.09. The predicted octanol–water partition coefficient (Wildman–Crippen LogP) is 4.69. The largest absolute Gasteiger partial charge is 0.481 e. The zero-order chi connectivity index (χ0) is 18.7. The summed E-state index contributed by atoms with van der Waals surface area (Å²) in [7, 11) is 0. The molecule has 0 bridgehead atoms. The lowest BCUT2D eigenvalue weighted by molar-refractivity contribution is -0.742. The average molecular weight is 404 g/mol. The molecule has 2 rings (SSSR count). The van der Waals surface area contributed by atoms with E-state index in [4.69, 9.17) is 43.3 Å². The highest BCUT2D eigenvalue weighted by atomic mass is 35.5. The summed E-state index contributed by atoms with van der Waals surface area (Å²) in [5.74, 6) is 1.99. The maximum absolute atomic E-state index is 8.36. The first-order valence-corrected chi connectivity index (χ1v) is 8.64. The van der Waals surface area contributed by atoms with Crippen molar-refractivity contribution in [2.24, 2.45) is 0 Å². The number of hydrogen-bond acceptors (Lipinski definition) is 5. The number of ether oxygens (including phenoxy) is 1. The number of imidazole rings is 1. The van der Waals surface area contributed by atoms with Gasteiger partial charge < -0.3 is 14.5 Å². The van der Waals surface area contributed by atoms with Gasteiger partial charge in [-0.05, 0) is 18.2 Å². The van der Waals surface area contributed by atoms with Crippen molar-refractivity contribution in [1.29, 1.82) is 0 Å².